The molecule has 0 saturated heterocycles. The highest BCUT2D eigenvalue weighted by atomic mass is 16.6. The van der Waals surface area contributed by atoms with Gasteiger partial charge in [0.25, 0.3) is 0 Å². The van der Waals surface area contributed by atoms with E-state index in [4.69, 9.17) is 9.47 Å². The Balaban J connectivity index is 2.10. The maximum absolute atomic E-state index is 11.1. The van der Waals surface area contributed by atoms with Crippen molar-refractivity contribution in [1.29, 1.82) is 0 Å². The molecule has 0 aromatic carbocycles. The number of rotatable bonds is 5. The molecule has 2 atom stereocenters. The molecule has 0 aromatic heterocycles. The van der Waals surface area contributed by atoms with E-state index in [1.807, 2.05) is 0 Å². The molecule has 1 aliphatic carbocycles. The topological polar surface area (TPSA) is 35.5 Å². The Morgan fingerprint density at radius 3 is 2.62 bits per heavy atom. The zero-order valence-corrected chi connectivity index (χ0v) is 10.3. The molecule has 0 heterocycles. The van der Waals surface area contributed by atoms with Crippen molar-refractivity contribution < 1.29 is 14.3 Å². The van der Waals surface area contributed by atoms with Crippen LogP contribution >= 0.6 is 0 Å². The van der Waals surface area contributed by atoms with Crippen LogP contribution in [0.2, 0.25) is 0 Å². The van der Waals surface area contributed by atoms with E-state index >= 15 is 0 Å². The zero-order valence-electron chi connectivity index (χ0n) is 10.3. The smallest absolute Gasteiger partial charge is 0.333 e. The molecule has 0 amide bonds. The van der Waals surface area contributed by atoms with Crippen molar-refractivity contribution in [3.05, 3.63) is 12.2 Å². The van der Waals surface area contributed by atoms with Crippen molar-refractivity contribution >= 4 is 5.97 Å². The van der Waals surface area contributed by atoms with E-state index in [-0.39, 0.29) is 5.97 Å². The lowest BCUT2D eigenvalue weighted by Gasteiger charge is -2.28. The van der Waals surface area contributed by atoms with Crippen LogP contribution in [0.4, 0.5) is 0 Å². The summed E-state index contributed by atoms with van der Waals surface area (Å²) in [4.78, 5) is 11.1. The van der Waals surface area contributed by atoms with Gasteiger partial charge in [-0.05, 0) is 25.7 Å². The van der Waals surface area contributed by atoms with Crippen LogP contribution in [-0.2, 0) is 14.3 Å². The van der Waals surface area contributed by atoms with Gasteiger partial charge in [0.15, 0.2) is 0 Å². The molecule has 1 aliphatic rings. The Morgan fingerprint density at radius 1 is 1.31 bits per heavy atom. The first-order valence-corrected chi connectivity index (χ1v) is 6.05. The first-order chi connectivity index (χ1) is 7.61. The van der Waals surface area contributed by atoms with Gasteiger partial charge >= 0.3 is 5.97 Å². The highest BCUT2D eigenvalue weighted by Crippen LogP contribution is 2.25. The van der Waals surface area contributed by atoms with E-state index in [2.05, 4.69) is 13.5 Å². The van der Waals surface area contributed by atoms with Gasteiger partial charge in [-0.1, -0.05) is 26.3 Å². The van der Waals surface area contributed by atoms with Crippen molar-refractivity contribution in [1.82, 2.24) is 0 Å². The summed E-state index contributed by atoms with van der Waals surface area (Å²) >= 11 is 0. The first kappa shape index (κ1) is 13.2. The summed E-state index contributed by atoms with van der Waals surface area (Å²) in [5.41, 5.74) is 0.436. The summed E-state index contributed by atoms with van der Waals surface area (Å²) in [5.74, 6) is 0.297. The molecule has 2 unspecified atom stereocenters. The number of hydrogen-bond donors (Lipinski definition) is 0. The van der Waals surface area contributed by atoms with Crippen molar-refractivity contribution in [2.24, 2.45) is 5.92 Å². The SMILES string of the molecule is C=C(C)C(=O)OCCOC1CCCCC1C. The number of esters is 1. The quantitative estimate of drug-likeness (QED) is 0.411. The first-order valence-electron chi connectivity index (χ1n) is 6.05. The molecule has 0 N–H and O–H groups in total. The standard InChI is InChI=1S/C13H22O3/c1-10(2)13(14)16-9-8-15-12-7-5-4-6-11(12)3/h11-12H,1,4-9H2,2-3H3. The van der Waals surface area contributed by atoms with Crippen LogP contribution in [0.25, 0.3) is 0 Å². The van der Waals surface area contributed by atoms with E-state index in [0.717, 1.165) is 6.42 Å². The Labute approximate surface area is 97.8 Å². The average Bonchev–Trinajstić information content (AvgIpc) is 2.26. The molecule has 0 aliphatic heterocycles. The molecular weight excluding hydrogens is 204 g/mol. The molecule has 3 nitrogen and oxygen atoms in total. The highest BCUT2D eigenvalue weighted by molar-refractivity contribution is 5.86. The van der Waals surface area contributed by atoms with Crippen LogP contribution in [0.3, 0.4) is 0 Å². The van der Waals surface area contributed by atoms with E-state index in [9.17, 15) is 4.79 Å². The van der Waals surface area contributed by atoms with Crippen LogP contribution in [0, 0.1) is 5.92 Å². The van der Waals surface area contributed by atoms with Crippen LogP contribution in [0.1, 0.15) is 39.5 Å². The van der Waals surface area contributed by atoms with Gasteiger partial charge in [0.2, 0.25) is 0 Å². The maximum atomic E-state index is 11.1. The summed E-state index contributed by atoms with van der Waals surface area (Å²) in [6, 6.07) is 0. The third-order valence-electron chi connectivity index (χ3n) is 3.03. The van der Waals surface area contributed by atoms with E-state index < -0.39 is 0 Å². The molecule has 1 fully saturated rings. The second-order valence-corrected chi connectivity index (χ2v) is 4.59. The largest absolute Gasteiger partial charge is 0.460 e. The fourth-order valence-electron chi connectivity index (χ4n) is 1.99. The van der Waals surface area contributed by atoms with Crippen molar-refractivity contribution in [3.8, 4) is 0 Å². The second-order valence-electron chi connectivity index (χ2n) is 4.59. The summed E-state index contributed by atoms with van der Waals surface area (Å²) in [6.45, 7) is 8.21. The van der Waals surface area contributed by atoms with E-state index in [0.29, 0.717) is 30.8 Å². The summed E-state index contributed by atoms with van der Waals surface area (Å²) in [7, 11) is 0. The average molecular weight is 226 g/mol. The lowest BCUT2D eigenvalue weighted by atomic mass is 9.88. The third kappa shape index (κ3) is 4.35. The molecule has 0 spiro atoms. The van der Waals surface area contributed by atoms with Crippen LogP contribution in [-0.4, -0.2) is 25.3 Å². The van der Waals surface area contributed by atoms with Crippen LogP contribution in [0.5, 0.6) is 0 Å². The lowest BCUT2D eigenvalue weighted by Crippen LogP contribution is -2.27. The Kier molecular flexibility index (Phi) is 5.53. The van der Waals surface area contributed by atoms with Gasteiger partial charge in [0.1, 0.15) is 6.61 Å². The molecule has 0 bridgehead atoms. The number of carbonyl (C=O) groups excluding carboxylic acids is 1. The predicted molar refractivity (Wildman–Crippen MR) is 63.1 cm³/mol. The van der Waals surface area contributed by atoms with E-state index in [1.165, 1.54) is 19.3 Å². The minimum absolute atomic E-state index is 0.328. The van der Waals surface area contributed by atoms with Crippen LogP contribution < -0.4 is 0 Å². The van der Waals surface area contributed by atoms with Gasteiger partial charge in [-0.15, -0.1) is 0 Å². The molecule has 0 radical (unpaired) electrons. The van der Waals surface area contributed by atoms with Gasteiger partial charge in [-0.3, -0.25) is 0 Å². The molecule has 92 valence electrons. The minimum atomic E-state index is -0.333. The Bertz CT molecular complexity index is 248. The van der Waals surface area contributed by atoms with Gasteiger partial charge in [0.05, 0.1) is 12.7 Å². The molecule has 1 rings (SSSR count). The predicted octanol–water partition coefficient (Wildman–Crippen LogP) is 2.70. The third-order valence-corrected chi connectivity index (χ3v) is 3.03. The Hall–Kier alpha value is -0.830. The van der Waals surface area contributed by atoms with Crippen molar-refractivity contribution in [2.75, 3.05) is 13.2 Å². The minimum Gasteiger partial charge on any atom is -0.460 e. The van der Waals surface area contributed by atoms with Gasteiger partial charge in [0, 0.05) is 5.57 Å². The van der Waals surface area contributed by atoms with Gasteiger partial charge in [-0.2, -0.15) is 0 Å². The molecule has 1 saturated carbocycles. The van der Waals surface area contributed by atoms with Crippen molar-refractivity contribution in [3.63, 3.8) is 0 Å². The molecule has 16 heavy (non-hydrogen) atoms. The van der Waals surface area contributed by atoms with Crippen LogP contribution in [0.15, 0.2) is 12.2 Å². The lowest BCUT2D eigenvalue weighted by molar-refractivity contribution is -0.141. The fourth-order valence-corrected chi connectivity index (χ4v) is 1.99. The number of carbonyl (C=O) groups is 1. The highest BCUT2D eigenvalue weighted by Gasteiger charge is 2.21. The second kappa shape index (κ2) is 6.69. The van der Waals surface area contributed by atoms with Crippen molar-refractivity contribution in [2.45, 2.75) is 45.6 Å². The molecule has 0 aromatic rings. The summed E-state index contributed by atoms with van der Waals surface area (Å²) in [5, 5.41) is 0. The number of hydrogen-bond acceptors (Lipinski definition) is 3. The zero-order chi connectivity index (χ0) is 12.0. The Morgan fingerprint density at radius 2 is 2.00 bits per heavy atom. The summed E-state index contributed by atoms with van der Waals surface area (Å²) < 4.78 is 10.7. The van der Waals surface area contributed by atoms with E-state index in [1.54, 1.807) is 6.92 Å². The summed E-state index contributed by atoms with van der Waals surface area (Å²) in [6.07, 6.45) is 5.29. The fraction of sp³-hybridized carbons (Fsp3) is 0.769. The number of ether oxygens (including phenoxy) is 2. The van der Waals surface area contributed by atoms with Gasteiger partial charge < -0.3 is 9.47 Å². The molecular formula is C13H22O3. The monoisotopic (exact) mass is 226 g/mol. The maximum Gasteiger partial charge on any atom is 0.333 e. The molecule has 3 heteroatoms. The normalized spacial score (nSPS) is 25.1. The van der Waals surface area contributed by atoms with Gasteiger partial charge in [-0.25, -0.2) is 4.79 Å².